The third-order valence-corrected chi connectivity index (χ3v) is 9.01. The number of piperazine rings is 1. The molecule has 7 rings (SSSR count). The molecule has 3 aliphatic rings. The molecule has 4 aromatic rings. The molecular weight excluding hydrogens is 583 g/mol. The van der Waals surface area contributed by atoms with E-state index in [9.17, 15) is 17.6 Å². The van der Waals surface area contributed by atoms with Gasteiger partial charge in [-0.05, 0) is 31.0 Å². The number of hydrogen-bond acceptors (Lipinski definition) is 10. The van der Waals surface area contributed by atoms with Crippen LogP contribution in [0.2, 0.25) is 0 Å². The number of hydrogen-bond donors (Lipinski definition) is 2. The normalized spacial score (nSPS) is 21.7. The lowest BCUT2D eigenvalue weighted by molar-refractivity contribution is -0.209. The molecule has 0 saturated carbocycles. The molecule has 3 aliphatic heterocycles. The Morgan fingerprint density at radius 2 is 1.86 bits per heavy atom. The topological polar surface area (TPSA) is 108 Å². The number of rotatable bonds is 6. The molecule has 0 amide bonds. The number of anilines is 2. The monoisotopic (exact) mass is 608 g/mol. The Balaban J connectivity index is 1.46. The number of alkyl halides is 3. The van der Waals surface area contributed by atoms with E-state index in [-0.39, 0.29) is 75.5 Å². The van der Waals surface area contributed by atoms with Gasteiger partial charge in [-0.2, -0.15) is 23.1 Å². The summed E-state index contributed by atoms with van der Waals surface area (Å²) in [7, 11) is 1.51. The zero-order valence-electron chi connectivity index (χ0n) is 22.2. The SMILES string of the molecule is COC1(COc2nc(N3CC4CCC(C3)N4)c3cc(C(F)(F)F)c(-c4ccc(F)c5sc(N)nc45)c(F)c3n2)COC1. The van der Waals surface area contributed by atoms with E-state index >= 15 is 4.39 Å². The fourth-order valence-electron chi connectivity index (χ4n) is 5.93. The van der Waals surface area contributed by atoms with Crippen molar-refractivity contribution in [3.05, 3.63) is 35.4 Å². The lowest BCUT2D eigenvalue weighted by atomic mass is 9.95. The number of methoxy groups -OCH3 is 1. The highest BCUT2D eigenvalue weighted by Crippen LogP contribution is 2.46. The Labute approximate surface area is 239 Å². The first-order valence-corrected chi connectivity index (χ1v) is 14.1. The van der Waals surface area contributed by atoms with Crippen LogP contribution >= 0.6 is 11.3 Å². The summed E-state index contributed by atoms with van der Waals surface area (Å²) < 4.78 is 91.7. The van der Waals surface area contributed by atoms with Crippen LogP contribution in [0.25, 0.3) is 32.2 Å². The van der Waals surface area contributed by atoms with Gasteiger partial charge in [-0.15, -0.1) is 0 Å². The summed E-state index contributed by atoms with van der Waals surface area (Å²) in [5.74, 6) is -1.83. The summed E-state index contributed by atoms with van der Waals surface area (Å²) in [6, 6.07) is 2.94. The standard InChI is InChI=1S/C27H25F5N6O3S/c1-39-26(9-40-10-26)11-41-25-36-20-15(23(37-25)38-7-12-2-3-13(8-38)34-12)6-16(27(30,31)32)18(19(20)29)14-4-5-17(28)22-21(14)35-24(33)42-22/h4-6,12-13,34H,2-3,7-11H2,1H3,(H2,33,35). The highest BCUT2D eigenvalue weighted by molar-refractivity contribution is 7.22. The first kappa shape index (κ1) is 27.4. The summed E-state index contributed by atoms with van der Waals surface area (Å²) in [5.41, 5.74) is 2.19. The van der Waals surface area contributed by atoms with E-state index in [4.69, 9.17) is 19.9 Å². The van der Waals surface area contributed by atoms with Crippen molar-refractivity contribution in [3.63, 3.8) is 0 Å². The van der Waals surface area contributed by atoms with Crippen LogP contribution in [-0.2, 0) is 15.7 Å². The van der Waals surface area contributed by atoms with E-state index in [1.807, 2.05) is 4.90 Å². The van der Waals surface area contributed by atoms with Gasteiger partial charge in [0.1, 0.15) is 29.4 Å². The molecular formula is C27H25F5N6O3S. The van der Waals surface area contributed by atoms with Crippen molar-refractivity contribution in [1.82, 2.24) is 20.3 Å². The number of thiazole rings is 1. The zero-order chi connectivity index (χ0) is 29.4. The second kappa shape index (κ2) is 9.82. The molecule has 2 atom stereocenters. The molecule has 2 unspecified atom stereocenters. The number of fused-ring (bicyclic) bond motifs is 4. The van der Waals surface area contributed by atoms with E-state index in [0.29, 0.717) is 13.1 Å². The largest absolute Gasteiger partial charge is 0.460 e. The van der Waals surface area contributed by atoms with Gasteiger partial charge in [0.2, 0.25) is 0 Å². The molecule has 3 fully saturated rings. The van der Waals surface area contributed by atoms with Gasteiger partial charge in [0.25, 0.3) is 0 Å². The minimum absolute atomic E-state index is 0.00690. The highest BCUT2D eigenvalue weighted by Gasteiger charge is 2.42. The molecule has 5 heterocycles. The zero-order valence-corrected chi connectivity index (χ0v) is 23.0. The number of aromatic nitrogens is 3. The number of nitrogen functional groups attached to an aromatic ring is 1. The van der Waals surface area contributed by atoms with Crippen LogP contribution in [0.3, 0.4) is 0 Å². The van der Waals surface area contributed by atoms with Gasteiger partial charge in [-0.3, -0.25) is 0 Å². The third-order valence-electron chi connectivity index (χ3n) is 8.12. The van der Waals surface area contributed by atoms with Gasteiger partial charge < -0.3 is 30.2 Å². The van der Waals surface area contributed by atoms with Crippen LogP contribution in [0.5, 0.6) is 6.01 Å². The number of nitrogens with zero attached hydrogens (tertiary/aromatic N) is 4. The predicted molar refractivity (Wildman–Crippen MR) is 146 cm³/mol. The van der Waals surface area contributed by atoms with Gasteiger partial charge in [0.05, 0.1) is 29.0 Å². The van der Waals surface area contributed by atoms with Crippen LogP contribution < -0.4 is 20.7 Å². The van der Waals surface area contributed by atoms with Crippen molar-refractivity contribution in [2.24, 2.45) is 0 Å². The summed E-state index contributed by atoms with van der Waals surface area (Å²) in [6.45, 7) is 1.48. The minimum atomic E-state index is -4.98. The van der Waals surface area contributed by atoms with Crippen molar-refractivity contribution in [1.29, 1.82) is 0 Å². The van der Waals surface area contributed by atoms with Gasteiger partial charge >= 0.3 is 12.2 Å². The van der Waals surface area contributed by atoms with Crippen LogP contribution in [0, 0.1) is 11.6 Å². The molecule has 2 aromatic carbocycles. The number of nitrogens with one attached hydrogen (secondary N) is 1. The van der Waals surface area contributed by atoms with Crippen molar-refractivity contribution in [2.75, 3.05) is 50.7 Å². The van der Waals surface area contributed by atoms with Gasteiger partial charge in [-0.25, -0.2) is 13.8 Å². The van der Waals surface area contributed by atoms with Crippen LogP contribution in [0.15, 0.2) is 18.2 Å². The molecule has 0 aliphatic carbocycles. The Hall–Kier alpha value is -3.40. The van der Waals surface area contributed by atoms with Crippen molar-refractivity contribution in [2.45, 2.75) is 36.7 Å². The maximum absolute atomic E-state index is 16.6. The first-order valence-electron chi connectivity index (χ1n) is 13.3. The highest BCUT2D eigenvalue weighted by atomic mass is 32.1. The van der Waals surface area contributed by atoms with Crippen molar-refractivity contribution >= 4 is 43.4 Å². The first-order chi connectivity index (χ1) is 20.0. The van der Waals surface area contributed by atoms with E-state index in [1.165, 1.54) is 7.11 Å². The number of nitrogens with two attached hydrogens (primary N) is 1. The van der Waals surface area contributed by atoms with Crippen LogP contribution in [0.4, 0.5) is 32.9 Å². The Morgan fingerprint density at radius 3 is 2.50 bits per heavy atom. The smallest absolute Gasteiger partial charge is 0.417 e. The van der Waals surface area contributed by atoms with Gasteiger partial charge in [0.15, 0.2) is 10.9 Å². The van der Waals surface area contributed by atoms with Gasteiger partial charge in [0, 0.05) is 48.8 Å². The average Bonchev–Trinajstić information content (AvgIpc) is 3.49. The maximum Gasteiger partial charge on any atom is 0.417 e. The summed E-state index contributed by atoms with van der Waals surface area (Å²) in [5, 5.41) is 3.30. The fraction of sp³-hybridized carbons (Fsp3) is 0.444. The fourth-order valence-corrected chi connectivity index (χ4v) is 6.70. The summed E-state index contributed by atoms with van der Waals surface area (Å²) in [4.78, 5) is 14.7. The lowest BCUT2D eigenvalue weighted by Gasteiger charge is -2.39. The molecule has 3 N–H and O–H groups in total. The van der Waals surface area contributed by atoms with Crippen molar-refractivity contribution in [3.8, 4) is 17.1 Å². The number of benzene rings is 2. The number of ether oxygens (including phenoxy) is 3. The van der Waals surface area contributed by atoms with E-state index < -0.39 is 34.5 Å². The molecule has 3 saturated heterocycles. The second-order valence-electron chi connectivity index (χ2n) is 10.9. The summed E-state index contributed by atoms with van der Waals surface area (Å²) >= 11 is 0.767. The Morgan fingerprint density at radius 1 is 1.12 bits per heavy atom. The molecule has 0 radical (unpaired) electrons. The Kier molecular flexibility index (Phi) is 6.42. The Bertz CT molecular complexity index is 1690. The second-order valence-corrected chi connectivity index (χ2v) is 11.9. The van der Waals surface area contributed by atoms with Crippen molar-refractivity contribution < 1.29 is 36.2 Å². The molecule has 42 heavy (non-hydrogen) atoms. The van der Waals surface area contributed by atoms with Crippen LogP contribution in [-0.4, -0.2) is 72.7 Å². The quantitative estimate of drug-likeness (QED) is 0.306. The molecule has 9 nitrogen and oxygen atoms in total. The average molecular weight is 609 g/mol. The van der Waals surface area contributed by atoms with E-state index in [0.717, 1.165) is 42.4 Å². The van der Waals surface area contributed by atoms with E-state index in [2.05, 4.69) is 20.3 Å². The maximum atomic E-state index is 16.6. The minimum Gasteiger partial charge on any atom is -0.460 e. The third kappa shape index (κ3) is 4.49. The molecule has 222 valence electrons. The summed E-state index contributed by atoms with van der Waals surface area (Å²) in [6.07, 6.45) is -3.16. The lowest BCUT2D eigenvalue weighted by Crippen LogP contribution is -2.55. The number of halogens is 5. The molecule has 2 aromatic heterocycles. The molecule has 0 spiro atoms. The molecule has 15 heteroatoms. The molecule has 2 bridgehead atoms. The predicted octanol–water partition coefficient (Wildman–Crippen LogP) is 4.52. The van der Waals surface area contributed by atoms with E-state index in [1.54, 1.807) is 0 Å². The van der Waals surface area contributed by atoms with Crippen LogP contribution in [0.1, 0.15) is 18.4 Å². The van der Waals surface area contributed by atoms with Gasteiger partial charge in [-0.1, -0.05) is 11.3 Å².